The number of carboxylic acids is 1. The second-order valence-electron chi connectivity index (χ2n) is 6.38. The predicted molar refractivity (Wildman–Crippen MR) is 118 cm³/mol. The summed E-state index contributed by atoms with van der Waals surface area (Å²) in [7, 11) is 1.55. The van der Waals surface area contributed by atoms with Gasteiger partial charge < -0.3 is 14.6 Å². The van der Waals surface area contributed by atoms with Crippen molar-refractivity contribution < 1.29 is 19.4 Å². The maximum Gasteiger partial charge on any atom is 0.335 e. The smallest absolute Gasteiger partial charge is 0.335 e. The zero-order valence-electron chi connectivity index (χ0n) is 16.1. The molecular weight excluding hydrogens is 446 g/mol. The van der Waals surface area contributed by atoms with Gasteiger partial charge in [-0.05, 0) is 59.2 Å². The van der Waals surface area contributed by atoms with Gasteiger partial charge >= 0.3 is 5.97 Å². The van der Waals surface area contributed by atoms with Crippen LogP contribution in [0.2, 0.25) is 0 Å². The molecule has 3 aromatic rings. The zero-order chi connectivity index (χ0) is 21.5. The van der Waals surface area contributed by atoms with Crippen LogP contribution in [-0.2, 0) is 6.61 Å². The summed E-state index contributed by atoms with van der Waals surface area (Å²) in [5, 5.41) is 18.5. The second-order valence-corrected chi connectivity index (χ2v) is 7.29. The number of benzene rings is 3. The molecule has 6 heteroatoms. The van der Waals surface area contributed by atoms with Gasteiger partial charge in [-0.2, -0.15) is 5.26 Å². The lowest BCUT2D eigenvalue weighted by Crippen LogP contribution is -2.00. The van der Waals surface area contributed by atoms with Gasteiger partial charge in [-0.15, -0.1) is 0 Å². The number of hydrogen-bond donors (Lipinski definition) is 1. The molecule has 0 heterocycles. The van der Waals surface area contributed by atoms with Crippen LogP contribution < -0.4 is 9.47 Å². The highest BCUT2D eigenvalue weighted by atomic mass is 79.9. The van der Waals surface area contributed by atoms with Crippen LogP contribution in [0.4, 0.5) is 0 Å². The molecule has 0 fully saturated rings. The van der Waals surface area contributed by atoms with Crippen molar-refractivity contribution in [3.8, 4) is 17.6 Å². The normalized spacial score (nSPS) is 10.9. The van der Waals surface area contributed by atoms with Crippen molar-refractivity contribution in [2.75, 3.05) is 7.11 Å². The summed E-state index contributed by atoms with van der Waals surface area (Å²) in [6, 6.07) is 21.7. The molecule has 150 valence electrons. The Labute approximate surface area is 182 Å². The van der Waals surface area contributed by atoms with E-state index in [1.165, 1.54) is 12.1 Å². The third-order valence-electron chi connectivity index (χ3n) is 4.37. The number of nitrogens with zero attached hydrogens (tertiary/aromatic N) is 1. The largest absolute Gasteiger partial charge is 0.493 e. The van der Waals surface area contributed by atoms with Crippen LogP contribution in [0.5, 0.6) is 11.5 Å². The van der Waals surface area contributed by atoms with Gasteiger partial charge in [0, 0.05) is 4.47 Å². The number of allylic oxidation sites excluding steroid dienone is 1. The second kappa shape index (κ2) is 9.77. The Balaban J connectivity index is 1.78. The van der Waals surface area contributed by atoms with Crippen LogP contribution in [0.15, 0.2) is 71.2 Å². The van der Waals surface area contributed by atoms with Gasteiger partial charge in [-0.1, -0.05) is 46.3 Å². The third kappa shape index (κ3) is 5.28. The number of methoxy groups -OCH3 is 1. The summed E-state index contributed by atoms with van der Waals surface area (Å²) in [6.45, 7) is 0.272. The van der Waals surface area contributed by atoms with E-state index in [4.69, 9.17) is 14.6 Å². The summed E-state index contributed by atoms with van der Waals surface area (Å²) in [5.74, 6) is 0.130. The number of ether oxygens (including phenoxy) is 2. The third-order valence-corrected chi connectivity index (χ3v) is 4.90. The lowest BCUT2D eigenvalue weighted by Gasteiger charge is -2.12. The first-order valence-corrected chi connectivity index (χ1v) is 9.80. The van der Waals surface area contributed by atoms with E-state index in [1.807, 2.05) is 30.3 Å². The van der Waals surface area contributed by atoms with Crippen LogP contribution in [0, 0.1) is 11.3 Å². The van der Waals surface area contributed by atoms with Crippen LogP contribution in [-0.4, -0.2) is 18.2 Å². The fourth-order valence-electron chi connectivity index (χ4n) is 2.77. The first-order chi connectivity index (χ1) is 14.5. The van der Waals surface area contributed by atoms with Crippen LogP contribution in [0.3, 0.4) is 0 Å². The van der Waals surface area contributed by atoms with Crippen molar-refractivity contribution in [2.24, 2.45) is 0 Å². The average Bonchev–Trinajstić information content (AvgIpc) is 2.77. The first kappa shape index (κ1) is 21.2. The summed E-state index contributed by atoms with van der Waals surface area (Å²) < 4.78 is 12.2. The quantitative estimate of drug-likeness (QED) is 0.353. The molecule has 0 amide bonds. The maximum atomic E-state index is 10.9. The zero-order valence-corrected chi connectivity index (χ0v) is 17.7. The number of rotatable bonds is 7. The van der Waals surface area contributed by atoms with Crippen molar-refractivity contribution >= 4 is 33.5 Å². The summed E-state index contributed by atoms with van der Waals surface area (Å²) in [4.78, 5) is 10.9. The Kier molecular flexibility index (Phi) is 6.89. The maximum absolute atomic E-state index is 10.9. The Bertz CT molecular complexity index is 1110. The summed E-state index contributed by atoms with van der Waals surface area (Å²) in [5.41, 5.74) is 3.24. The lowest BCUT2D eigenvalue weighted by molar-refractivity contribution is 0.0697. The molecule has 3 aromatic carbocycles. The van der Waals surface area contributed by atoms with Gasteiger partial charge in [0.1, 0.15) is 6.61 Å². The molecule has 0 spiro atoms. The number of hydrogen-bond acceptors (Lipinski definition) is 4. The fourth-order valence-corrected chi connectivity index (χ4v) is 3.04. The number of carbonyl (C=O) groups is 1. The van der Waals surface area contributed by atoms with E-state index in [9.17, 15) is 10.1 Å². The highest BCUT2D eigenvalue weighted by Crippen LogP contribution is 2.30. The van der Waals surface area contributed by atoms with Crippen molar-refractivity contribution in [3.63, 3.8) is 0 Å². The van der Waals surface area contributed by atoms with Crippen LogP contribution in [0.25, 0.3) is 11.6 Å². The summed E-state index contributed by atoms with van der Waals surface area (Å²) in [6.07, 6.45) is 1.79. The number of halogens is 1. The number of carboxylic acid groups (broad SMARTS) is 1. The molecule has 0 saturated carbocycles. The number of nitriles is 1. The fraction of sp³-hybridized carbons (Fsp3) is 0.0833. The van der Waals surface area contributed by atoms with Gasteiger partial charge in [0.15, 0.2) is 11.5 Å². The van der Waals surface area contributed by atoms with E-state index in [0.717, 1.165) is 21.2 Å². The van der Waals surface area contributed by atoms with Crippen molar-refractivity contribution in [1.82, 2.24) is 0 Å². The molecule has 0 saturated heterocycles. The van der Waals surface area contributed by atoms with E-state index in [0.29, 0.717) is 17.1 Å². The Morgan fingerprint density at radius 3 is 2.30 bits per heavy atom. The van der Waals surface area contributed by atoms with E-state index in [2.05, 4.69) is 22.0 Å². The molecule has 0 unspecified atom stereocenters. The van der Waals surface area contributed by atoms with E-state index >= 15 is 0 Å². The van der Waals surface area contributed by atoms with E-state index in [-0.39, 0.29) is 12.2 Å². The molecule has 0 radical (unpaired) electrons. The molecule has 0 aliphatic heterocycles. The SMILES string of the molecule is COc1cc(/C=C(\C#N)c2ccc(Br)cc2)ccc1OCc1ccc(C(=O)O)cc1. The molecule has 0 atom stereocenters. The molecule has 0 aliphatic carbocycles. The highest BCUT2D eigenvalue weighted by Gasteiger charge is 2.08. The molecule has 0 aromatic heterocycles. The van der Waals surface area contributed by atoms with Gasteiger partial charge in [0.05, 0.1) is 24.3 Å². The number of aromatic carboxylic acids is 1. The minimum absolute atomic E-state index is 0.228. The molecule has 0 aliphatic rings. The van der Waals surface area contributed by atoms with Gasteiger partial charge in [-0.3, -0.25) is 0 Å². The molecule has 0 bridgehead atoms. The molecule has 1 N–H and O–H groups in total. The van der Waals surface area contributed by atoms with Crippen molar-refractivity contribution in [2.45, 2.75) is 6.61 Å². The minimum atomic E-state index is -0.965. The Morgan fingerprint density at radius 2 is 1.70 bits per heavy atom. The Hall–Kier alpha value is -3.56. The van der Waals surface area contributed by atoms with Crippen molar-refractivity contribution in [1.29, 1.82) is 5.26 Å². The summed E-state index contributed by atoms with van der Waals surface area (Å²) >= 11 is 3.39. The van der Waals surface area contributed by atoms with Gasteiger partial charge in [0.2, 0.25) is 0 Å². The molecule has 30 heavy (non-hydrogen) atoms. The lowest BCUT2D eigenvalue weighted by atomic mass is 10.0. The van der Waals surface area contributed by atoms with Crippen molar-refractivity contribution in [3.05, 3.63) is 93.5 Å². The highest BCUT2D eigenvalue weighted by molar-refractivity contribution is 9.10. The molecule has 3 rings (SSSR count). The van der Waals surface area contributed by atoms with E-state index in [1.54, 1.807) is 37.5 Å². The first-order valence-electron chi connectivity index (χ1n) is 9.01. The monoisotopic (exact) mass is 463 g/mol. The van der Waals surface area contributed by atoms with E-state index < -0.39 is 5.97 Å². The predicted octanol–water partition coefficient (Wildman–Crippen LogP) is 5.80. The average molecular weight is 464 g/mol. The van der Waals surface area contributed by atoms with Crippen LogP contribution >= 0.6 is 15.9 Å². The molecule has 5 nitrogen and oxygen atoms in total. The van der Waals surface area contributed by atoms with Gasteiger partial charge in [0.25, 0.3) is 0 Å². The molecular formula is C24H18BrNO4. The standard InChI is InChI=1S/C24H18BrNO4/c1-29-23-13-17(12-20(14-26)18-7-9-21(25)10-8-18)4-11-22(23)30-15-16-2-5-19(6-3-16)24(27)28/h2-13H,15H2,1H3,(H,27,28)/b20-12+. The Morgan fingerprint density at radius 1 is 1.03 bits per heavy atom. The topological polar surface area (TPSA) is 79.5 Å². The van der Waals surface area contributed by atoms with Gasteiger partial charge in [-0.25, -0.2) is 4.79 Å². The van der Waals surface area contributed by atoms with Crippen LogP contribution in [0.1, 0.15) is 27.0 Å². The minimum Gasteiger partial charge on any atom is -0.493 e.